The van der Waals surface area contributed by atoms with Gasteiger partial charge in [0.15, 0.2) is 0 Å². The lowest BCUT2D eigenvalue weighted by Gasteiger charge is -2.25. The van der Waals surface area contributed by atoms with Gasteiger partial charge in [0, 0.05) is 23.1 Å². The van der Waals surface area contributed by atoms with Crippen LogP contribution in [0.4, 0.5) is 5.69 Å². The van der Waals surface area contributed by atoms with Gasteiger partial charge in [0.2, 0.25) is 11.8 Å². The molecule has 3 aromatic carbocycles. The second-order valence-corrected chi connectivity index (χ2v) is 7.35. The van der Waals surface area contributed by atoms with E-state index < -0.39 is 5.92 Å². The van der Waals surface area contributed by atoms with E-state index in [0.29, 0.717) is 12.2 Å². The van der Waals surface area contributed by atoms with Crippen LogP contribution < -0.4 is 10.6 Å². The molecule has 3 aromatic rings. The van der Waals surface area contributed by atoms with Gasteiger partial charge < -0.3 is 10.6 Å². The molecule has 5 heteroatoms. The number of fused-ring (bicyclic) bond motifs is 2. The van der Waals surface area contributed by atoms with E-state index in [0.717, 1.165) is 21.0 Å². The van der Waals surface area contributed by atoms with Crippen molar-refractivity contribution in [3.05, 3.63) is 76.3 Å². The summed E-state index contributed by atoms with van der Waals surface area (Å²) in [6.45, 7) is 0.436. The summed E-state index contributed by atoms with van der Waals surface area (Å²) >= 11 is 3.44. The summed E-state index contributed by atoms with van der Waals surface area (Å²) in [6.07, 6.45) is 0.160. The fourth-order valence-corrected chi connectivity index (χ4v) is 3.71. The van der Waals surface area contributed by atoms with Crippen LogP contribution in [0.2, 0.25) is 0 Å². The molecular formula is C21H17BrN2O2. The van der Waals surface area contributed by atoms with Crippen molar-refractivity contribution in [1.82, 2.24) is 5.32 Å². The highest BCUT2D eigenvalue weighted by molar-refractivity contribution is 9.10. The number of hydrogen-bond acceptors (Lipinski definition) is 2. The number of hydrogen-bond donors (Lipinski definition) is 2. The van der Waals surface area contributed by atoms with Crippen LogP contribution in [-0.4, -0.2) is 11.8 Å². The van der Waals surface area contributed by atoms with E-state index in [1.54, 1.807) is 0 Å². The van der Waals surface area contributed by atoms with E-state index in [4.69, 9.17) is 0 Å². The summed E-state index contributed by atoms with van der Waals surface area (Å²) < 4.78 is 0.889. The quantitative estimate of drug-likeness (QED) is 0.676. The lowest BCUT2D eigenvalue weighted by molar-refractivity contribution is -0.126. The van der Waals surface area contributed by atoms with Gasteiger partial charge in [0.25, 0.3) is 0 Å². The molecule has 0 aliphatic carbocycles. The highest BCUT2D eigenvalue weighted by atomic mass is 79.9. The van der Waals surface area contributed by atoms with Gasteiger partial charge in [-0.1, -0.05) is 52.3 Å². The Kier molecular flexibility index (Phi) is 4.47. The maximum Gasteiger partial charge on any atom is 0.228 e. The van der Waals surface area contributed by atoms with Crippen LogP contribution in [0.3, 0.4) is 0 Å². The molecule has 1 atom stereocenters. The van der Waals surface area contributed by atoms with Gasteiger partial charge in [0.1, 0.15) is 0 Å². The Balaban J connectivity index is 1.53. The zero-order valence-corrected chi connectivity index (χ0v) is 15.5. The van der Waals surface area contributed by atoms with Crippen LogP contribution in [0.15, 0.2) is 65.1 Å². The molecular weight excluding hydrogens is 392 g/mol. The molecule has 0 fully saturated rings. The van der Waals surface area contributed by atoms with E-state index in [1.165, 1.54) is 5.39 Å². The smallest absolute Gasteiger partial charge is 0.228 e. The molecule has 1 unspecified atom stereocenters. The van der Waals surface area contributed by atoms with Gasteiger partial charge in [-0.3, -0.25) is 9.59 Å². The monoisotopic (exact) mass is 408 g/mol. The molecule has 1 heterocycles. The van der Waals surface area contributed by atoms with E-state index in [1.807, 2.05) is 36.4 Å². The number of halogens is 1. The van der Waals surface area contributed by atoms with Crippen LogP contribution >= 0.6 is 15.9 Å². The van der Waals surface area contributed by atoms with Gasteiger partial charge >= 0.3 is 0 Å². The van der Waals surface area contributed by atoms with Crippen LogP contribution in [-0.2, 0) is 16.1 Å². The van der Waals surface area contributed by atoms with Crippen molar-refractivity contribution >= 4 is 44.2 Å². The minimum atomic E-state index is -0.475. The van der Waals surface area contributed by atoms with E-state index in [-0.39, 0.29) is 18.2 Å². The normalized spacial score (nSPS) is 16.0. The molecule has 0 saturated carbocycles. The number of amides is 2. The topological polar surface area (TPSA) is 58.2 Å². The Morgan fingerprint density at radius 2 is 1.88 bits per heavy atom. The van der Waals surface area contributed by atoms with Crippen molar-refractivity contribution in [2.45, 2.75) is 18.9 Å². The van der Waals surface area contributed by atoms with Gasteiger partial charge in [-0.2, -0.15) is 0 Å². The van der Waals surface area contributed by atoms with E-state index in [9.17, 15) is 9.59 Å². The Bertz CT molecular complexity index is 1020. The predicted molar refractivity (Wildman–Crippen MR) is 106 cm³/mol. The first-order valence-corrected chi connectivity index (χ1v) is 9.24. The second kappa shape index (κ2) is 6.92. The fourth-order valence-electron chi connectivity index (χ4n) is 3.33. The average Bonchev–Trinajstić information content (AvgIpc) is 2.65. The molecule has 0 aromatic heterocycles. The third kappa shape index (κ3) is 3.35. The first-order valence-electron chi connectivity index (χ1n) is 8.45. The Morgan fingerprint density at radius 3 is 2.73 bits per heavy atom. The molecule has 130 valence electrons. The molecule has 4 rings (SSSR count). The predicted octanol–water partition coefficient (Wildman–Crippen LogP) is 4.34. The summed E-state index contributed by atoms with van der Waals surface area (Å²) in [5.41, 5.74) is 2.58. The molecule has 4 nitrogen and oxygen atoms in total. The minimum absolute atomic E-state index is 0.132. The Labute approximate surface area is 159 Å². The lowest BCUT2D eigenvalue weighted by atomic mass is 9.90. The summed E-state index contributed by atoms with van der Waals surface area (Å²) in [5.74, 6) is -0.741. The van der Waals surface area contributed by atoms with Crippen LogP contribution in [0.1, 0.15) is 23.5 Å². The van der Waals surface area contributed by atoms with Crippen molar-refractivity contribution in [1.29, 1.82) is 0 Å². The van der Waals surface area contributed by atoms with Crippen LogP contribution in [0.25, 0.3) is 10.8 Å². The van der Waals surface area contributed by atoms with Gasteiger partial charge in [-0.05, 0) is 46.2 Å². The fraction of sp³-hybridized carbons (Fsp3) is 0.143. The molecule has 0 bridgehead atoms. The van der Waals surface area contributed by atoms with Gasteiger partial charge in [0.05, 0.1) is 5.92 Å². The molecule has 0 radical (unpaired) electrons. The molecule has 2 N–H and O–H groups in total. The SMILES string of the molecule is O=C1CC(C(=O)NCc2ccc3ccccc3c2)c2cc(Br)ccc2N1. The standard InChI is InChI=1S/C21H17BrN2O2/c22-16-7-8-19-17(10-16)18(11-20(25)24-19)21(26)23-12-13-5-6-14-3-1-2-4-15(14)9-13/h1-10,18H,11-12H2,(H,23,26)(H,24,25). The minimum Gasteiger partial charge on any atom is -0.351 e. The first kappa shape index (κ1) is 16.8. The summed E-state index contributed by atoms with van der Waals surface area (Å²) in [4.78, 5) is 24.7. The Morgan fingerprint density at radius 1 is 1.08 bits per heavy atom. The van der Waals surface area contributed by atoms with Crippen molar-refractivity contribution in [2.75, 3.05) is 5.32 Å². The molecule has 1 aliphatic rings. The number of nitrogens with one attached hydrogen (secondary N) is 2. The van der Waals surface area contributed by atoms with Gasteiger partial charge in [-0.15, -0.1) is 0 Å². The third-order valence-electron chi connectivity index (χ3n) is 4.65. The van der Waals surface area contributed by atoms with Gasteiger partial charge in [-0.25, -0.2) is 0 Å². The first-order chi connectivity index (χ1) is 12.6. The maximum absolute atomic E-state index is 12.7. The van der Waals surface area contributed by atoms with Crippen LogP contribution in [0, 0.1) is 0 Å². The lowest BCUT2D eigenvalue weighted by Crippen LogP contribution is -2.34. The molecule has 1 aliphatic heterocycles. The van der Waals surface area contributed by atoms with Crippen molar-refractivity contribution < 1.29 is 9.59 Å². The third-order valence-corrected chi connectivity index (χ3v) is 5.14. The van der Waals surface area contributed by atoms with Crippen LogP contribution in [0.5, 0.6) is 0 Å². The summed E-state index contributed by atoms with van der Waals surface area (Å²) in [5, 5.41) is 8.12. The molecule has 0 spiro atoms. The maximum atomic E-state index is 12.7. The number of carbonyl (C=O) groups is 2. The largest absolute Gasteiger partial charge is 0.351 e. The van der Waals surface area contributed by atoms with E-state index in [2.05, 4.69) is 50.8 Å². The second-order valence-electron chi connectivity index (χ2n) is 6.44. The van der Waals surface area contributed by atoms with Crippen molar-refractivity contribution in [3.8, 4) is 0 Å². The van der Waals surface area contributed by atoms with Crippen molar-refractivity contribution in [3.63, 3.8) is 0 Å². The van der Waals surface area contributed by atoms with E-state index >= 15 is 0 Å². The number of rotatable bonds is 3. The summed E-state index contributed by atoms with van der Waals surface area (Å²) in [7, 11) is 0. The average molecular weight is 409 g/mol. The highest BCUT2D eigenvalue weighted by Gasteiger charge is 2.30. The summed E-state index contributed by atoms with van der Waals surface area (Å²) in [6, 6.07) is 19.8. The van der Waals surface area contributed by atoms with Crippen molar-refractivity contribution in [2.24, 2.45) is 0 Å². The number of anilines is 1. The number of benzene rings is 3. The highest BCUT2D eigenvalue weighted by Crippen LogP contribution is 2.34. The molecule has 0 saturated heterocycles. The number of carbonyl (C=O) groups excluding carboxylic acids is 2. The molecule has 26 heavy (non-hydrogen) atoms. The zero-order valence-electron chi connectivity index (χ0n) is 14.0. The Hall–Kier alpha value is -2.66. The zero-order chi connectivity index (χ0) is 18.1. The molecule has 2 amide bonds.